The number of halogens is 3. The first-order valence-corrected chi connectivity index (χ1v) is 14.9. The summed E-state index contributed by atoms with van der Waals surface area (Å²) in [6.07, 6.45) is -1.66. The van der Waals surface area contributed by atoms with E-state index in [1.807, 2.05) is 0 Å². The maximum Gasteiger partial charge on any atom is 0.416 e. The molecule has 3 aliphatic rings. The van der Waals surface area contributed by atoms with Crippen LogP contribution in [0.15, 0.2) is 36.4 Å². The highest BCUT2D eigenvalue weighted by molar-refractivity contribution is 7.94. The molecule has 1 saturated carbocycles. The topological polar surface area (TPSA) is 191 Å². The number of anilines is 1. The molecule has 0 spiro atoms. The van der Waals surface area contributed by atoms with Gasteiger partial charge in [0.15, 0.2) is 11.0 Å². The van der Waals surface area contributed by atoms with Gasteiger partial charge in [-0.3, -0.25) is 19.1 Å². The van der Waals surface area contributed by atoms with E-state index in [-0.39, 0.29) is 37.9 Å². The van der Waals surface area contributed by atoms with Gasteiger partial charge in [0.25, 0.3) is 27.7 Å². The van der Waals surface area contributed by atoms with Crippen molar-refractivity contribution in [2.75, 3.05) is 11.3 Å². The van der Waals surface area contributed by atoms with Crippen molar-refractivity contribution in [2.45, 2.75) is 74.1 Å². The number of nitrogens with one attached hydrogen (secondary N) is 2. The summed E-state index contributed by atoms with van der Waals surface area (Å²) in [6.45, 7) is -0.0965. The van der Waals surface area contributed by atoms with Gasteiger partial charge in [-0.15, -0.1) is 0 Å². The number of hydrogen-bond donors (Lipinski definition) is 4. The fourth-order valence-electron chi connectivity index (χ4n) is 5.58. The number of amides is 4. The van der Waals surface area contributed by atoms with Crippen LogP contribution in [0.5, 0.6) is 0 Å². The van der Waals surface area contributed by atoms with Gasteiger partial charge in [-0.2, -0.15) is 13.2 Å². The molecule has 42 heavy (non-hydrogen) atoms. The van der Waals surface area contributed by atoms with Crippen LogP contribution in [-0.2, 0) is 35.3 Å². The van der Waals surface area contributed by atoms with E-state index in [1.54, 1.807) is 12.2 Å². The summed E-state index contributed by atoms with van der Waals surface area (Å²) in [6, 6.07) is 3.31. The number of carbonyl (C=O) groups is 4. The van der Waals surface area contributed by atoms with Crippen molar-refractivity contribution >= 4 is 39.5 Å². The first-order valence-electron chi connectivity index (χ1n) is 13.4. The molecular formula is C26H32F3N5O7S. The Morgan fingerprint density at radius 3 is 2.38 bits per heavy atom. The maximum atomic E-state index is 13.9. The van der Waals surface area contributed by atoms with E-state index in [0.29, 0.717) is 37.8 Å². The maximum absolute atomic E-state index is 13.9. The Balaban J connectivity index is 1.71. The van der Waals surface area contributed by atoms with E-state index in [0.717, 1.165) is 17.0 Å². The third-order valence-electron chi connectivity index (χ3n) is 7.90. The molecule has 12 nitrogen and oxygen atoms in total. The number of rotatable bonds is 5. The van der Waals surface area contributed by atoms with Gasteiger partial charge in [0, 0.05) is 18.2 Å². The van der Waals surface area contributed by atoms with E-state index in [4.69, 9.17) is 16.2 Å². The number of hydrogen-bond acceptors (Lipinski definition) is 7. The second-order valence-corrected chi connectivity index (χ2v) is 12.6. The molecule has 4 amide bonds. The molecule has 2 fully saturated rings. The standard InChI is InChI=1S/C26H32F3N5O7S/c27-26(28,29)16-9-11-18(12-10-16)33-42(39,40)25-15-17(25)7-4-2-1-3-5-8-19(41-23(31)38)20(35)34-14-6-13-24(34,21(30)36)22(37)32-25/h4,7,9-12,17,19,33H,1-3,5-6,8,13-15H2,(H2,30,36)(H2,31,38)(H,32,37). The van der Waals surface area contributed by atoms with Crippen LogP contribution in [0.1, 0.15) is 56.9 Å². The highest BCUT2D eigenvalue weighted by atomic mass is 32.2. The molecule has 6 N–H and O–H groups in total. The molecular weight excluding hydrogens is 583 g/mol. The van der Waals surface area contributed by atoms with Crippen molar-refractivity contribution in [3.8, 4) is 0 Å². The van der Waals surface area contributed by atoms with Crippen LogP contribution in [0, 0.1) is 5.92 Å². The summed E-state index contributed by atoms with van der Waals surface area (Å²) in [7, 11) is -4.53. The number of nitrogens with two attached hydrogens (primary N) is 2. The zero-order valence-corrected chi connectivity index (χ0v) is 23.3. The van der Waals surface area contributed by atoms with Crippen LogP contribution in [0.2, 0.25) is 0 Å². The lowest BCUT2D eigenvalue weighted by atomic mass is 9.92. The van der Waals surface area contributed by atoms with E-state index >= 15 is 0 Å². The molecule has 2 aliphatic heterocycles. The molecule has 1 aliphatic carbocycles. The van der Waals surface area contributed by atoms with Crippen LogP contribution in [-0.4, -0.2) is 60.2 Å². The van der Waals surface area contributed by atoms with E-state index in [2.05, 4.69) is 10.0 Å². The van der Waals surface area contributed by atoms with Gasteiger partial charge in [0.05, 0.1) is 5.56 Å². The summed E-state index contributed by atoms with van der Waals surface area (Å²) < 4.78 is 73.6. The minimum absolute atomic E-state index is 0.0798. The Hall–Kier alpha value is -3.82. The summed E-state index contributed by atoms with van der Waals surface area (Å²) >= 11 is 0. The number of ether oxygens (including phenoxy) is 1. The highest BCUT2D eigenvalue weighted by Gasteiger charge is 2.67. The van der Waals surface area contributed by atoms with E-state index < -0.39 is 68.0 Å². The largest absolute Gasteiger partial charge is 0.436 e. The van der Waals surface area contributed by atoms with Crippen LogP contribution < -0.4 is 21.5 Å². The predicted octanol–water partition coefficient (Wildman–Crippen LogP) is 2.11. The molecule has 4 rings (SSSR count). The van der Waals surface area contributed by atoms with Gasteiger partial charge in [-0.1, -0.05) is 18.6 Å². The fourth-order valence-corrected chi connectivity index (χ4v) is 7.31. The monoisotopic (exact) mass is 615 g/mol. The number of alkyl halides is 3. The Kier molecular flexibility index (Phi) is 8.49. The molecule has 0 radical (unpaired) electrons. The predicted molar refractivity (Wildman–Crippen MR) is 143 cm³/mol. The molecule has 1 aromatic rings. The van der Waals surface area contributed by atoms with Crippen molar-refractivity contribution in [1.29, 1.82) is 0 Å². The van der Waals surface area contributed by atoms with Crippen molar-refractivity contribution < 1.29 is 45.5 Å². The Morgan fingerprint density at radius 2 is 1.76 bits per heavy atom. The summed E-state index contributed by atoms with van der Waals surface area (Å²) in [5, 5.41) is 2.46. The van der Waals surface area contributed by atoms with Crippen LogP contribution in [0.3, 0.4) is 0 Å². The highest BCUT2D eigenvalue weighted by Crippen LogP contribution is 2.50. The minimum atomic E-state index is -4.63. The second kappa shape index (κ2) is 11.5. The average Bonchev–Trinajstić information content (AvgIpc) is 3.41. The number of sulfonamides is 1. The SMILES string of the molecule is NC(=O)OC1CCCCCC=CC2CC2(S(=O)(=O)Nc2ccc(C(F)(F)F)cc2)NC(=O)C2(C(N)=O)CCCN2C1=O. The number of nitrogens with zero attached hydrogens (tertiary/aromatic N) is 1. The number of benzene rings is 1. The number of fused-ring (bicyclic) bond motifs is 2. The fraction of sp³-hybridized carbons (Fsp3) is 0.538. The summed E-state index contributed by atoms with van der Waals surface area (Å²) in [5.41, 5.74) is 7.41. The number of allylic oxidation sites excluding steroid dienone is 1. The molecule has 230 valence electrons. The Labute approximate surface area is 240 Å². The van der Waals surface area contributed by atoms with Gasteiger partial charge < -0.3 is 26.4 Å². The second-order valence-electron chi connectivity index (χ2n) is 10.6. The van der Waals surface area contributed by atoms with Gasteiger partial charge in [0.1, 0.15) is 0 Å². The van der Waals surface area contributed by atoms with Crippen molar-refractivity contribution in [3.05, 3.63) is 42.0 Å². The first kappa shape index (κ1) is 31.1. The molecule has 4 atom stereocenters. The molecule has 0 aromatic heterocycles. The lowest BCUT2D eigenvalue weighted by Gasteiger charge is -2.37. The molecule has 1 saturated heterocycles. The lowest BCUT2D eigenvalue weighted by molar-refractivity contribution is -0.157. The molecule has 2 heterocycles. The normalized spacial score (nSPS) is 28.9. The van der Waals surface area contributed by atoms with Gasteiger partial charge in [0.2, 0.25) is 5.54 Å². The summed E-state index contributed by atoms with van der Waals surface area (Å²) in [5.74, 6) is -3.95. The average molecular weight is 616 g/mol. The molecule has 0 bridgehead atoms. The molecule has 1 aromatic carbocycles. The van der Waals surface area contributed by atoms with Gasteiger partial charge in [-0.25, -0.2) is 13.2 Å². The third kappa shape index (κ3) is 5.89. The Bertz CT molecular complexity index is 1390. The van der Waals surface area contributed by atoms with Gasteiger partial charge >= 0.3 is 12.3 Å². The van der Waals surface area contributed by atoms with Crippen molar-refractivity contribution in [1.82, 2.24) is 10.2 Å². The quantitative estimate of drug-likeness (QED) is 0.288. The van der Waals surface area contributed by atoms with Gasteiger partial charge in [-0.05, 0) is 69.2 Å². The molecule has 4 unspecified atom stereocenters. The van der Waals surface area contributed by atoms with Crippen molar-refractivity contribution in [2.24, 2.45) is 17.4 Å². The third-order valence-corrected chi connectivity index (χ3v) is 9.94. The molecule has 16 heteroatoms. The van der Waals surface area contributed by atoms with Crippen LogP contribution in [0.25, 0.3) is 0 Å². The number of carbonyl (C=O) groups excluding carboxylic acids is 4. The zero-order valence-electron chi connectivity index (χ0n) is 22.5. The first-order chi connectivity index (χ1) is 19.6. The summed E-state index contributed by atoms with van der Waals surface area (Å²) in [4.78, 5) is 50.8. The smallest absolute Gasteiger partial charge is 0.416 e. The van der Waals surface area contributed by atoms with Crippen molar-refractivity contribution in [3.63, 3.8) is 0 Å². The van der Waals surface area contributed by atoms with E-state index in [9.17, 15) is 40.8 Å². The minimum Gasteiger partial charge on any atom is -0.436 e. The Morgan fingerprint density at radius 1 is 1.07 bits per heavy atom. The lowest BCUT2D eigenvalue weighted by Crippen LogP contribution is -2.68. The number of primary amides is 2. The van der Waals surface area contributed by atoms with E-state index in [1.165, 1.54) is 0 Å². The van der Waals surface area contributed by atoms with Crippen LogP contribution in [0.4, 0.5) is 23.7 Å². The zero-order chi connectivity index (χ0) is 30.9. The van der Waals surface area contributed by atoms with Crippen LogP contribution >= 0.6 is 0 Å².